The van der Waals surface area contributed by atoms with Crippen LogP contribution < -0.4 is 10.5 Å². The Morgan fingerprint density at radius 1 is 1.30 bits per heavy atom. The van der Waals surface area contributed by atoms with Crippen LogP contribution in [-0.2, 0) is 0 Å². The van der Waals surface area contributed by atoms with E-state index in [1.165, 1.54) is 37.1 Å². The largest absolute Gasteiger partial charge is 0.487 e. The third-order valence-corrected chi connectivity index (χ3v) is 5.44. The van der Waals surface area contributed by atoms with E-state index in [2.05, 4.69) is 30.0 Å². The summed E-state index contributed by atoms with van der Waals surface area (Å²) in [5.41, 5.74) is 8.92. The lowest BCUT2D eigenvalue weighted by Gasteiger charge is -2.48. The minimum Gasteiger partial charge on any atom is -0.487 e. The van der Waals surface area contributed by atoms with Crippen molar-refractivity contribution < 1.29 is 4.74 Å². The maximum atomic E-state index is 6.49. The highest BCUT2D eigenvalue weighted by Crippen LogP contribution is 2.46. The van der Waals surface area contributed by atoms with Gasteiger partial charge in [0, 0.05) is 37.0 Å². The van der Waals surface area contributed by atoms with E-state index in [1.807, 2.05) is 0 Å². The molecule has 0 saturated carbocycles. The van der Waals surface area contributed by atoms with Crippen LogP contribution in [0.4, 0.5) is 0 Å². The summed E-state index contributed by atoms with van der Waals surface area (Å²) in [7, 11) is 0. The minimum absolute atomic E-state index is 0.00676. The fourth-order valence-corrected chi connectivity index (χ4v) is 4.41. The summed E-state index contributed by atoms with van der Waals surface area (Å²) in [4.78, 5) is 2.64. The molecule has 0 aromatic heterocycles. The monoisotopic (exact) mass is 272 g/mol. The molecule has 3 heteroatoms. The van der Waals surface area contributed by atoms with Crippen molar-refractivity contribution in [1.82, 2.24) is 4.90 Å². The van der Waals surface area contributed by atoms with Gasteiger partial charge in [0.2, 0.25) is 0 Å². The molecular weight excluding hydrogens is 248 g/mol. The Bertz CT molecular complexity index is 530. The second-order valence-corrected chi connectivity index (χ2v) is 6.92. The molecule has 3 heterocycles. The number of fused-ring (bicyclic) bond motifs is 2. The first-order chi connectivity index (χ1) is 9.65. The predicted molar refractivity (Wildman–Crippen MR) is 79.9 cm³/mol. The number of hydrogen-bond donors (Lipinski definition) is 1. The van der Waals surface area contributed by atoms with Crippen LogP contribution in [0.25, 0.3) is 0 Å². The van der Waals surface area contributed by atoms with Gasteiger partial charge in [0.25, 0.3) is 0 Å². The average Bonchev–Trinajstić information content (AvgIpc) is 2.87. The molecule has 3 aliphatic heterocycles. The van der Waals surface area contributed by atoms with E-state index in [0.717, 1.165) is 31.1 Å². The highest BCUT2D eigenvalue weighted by Gasteiger charge is 2.46. The second kappa shape index (κ2) is 4.47. The Balaban J connectivity index is 1.63. The molecule has 3 nitrogen and oxygen atoms in total. The lowest BCUT2D eigenvalue weighted by Crippen LogP contribution is -2.53. The lowest BCUT2D eigenvalue weighted by atomic mass is 9.78. The number of nitrogens with two attached hydrogens (primary N) is 1. The maximum absolute atomic E-state index is 6.49. The third kappa shape index (κ3) is 1.95. The SMILES string of the molecule is Cc1ccc2c(c1)[C@H](N)CC1(CCN3CCCC3C1)O2. The topological polar surface area (TPSA) is 38.5 Å². The summed E-state index contributed by atoms with van der Waals surface area (Å²) in [6.07, 6.45) is 5.95. The van der Waals surface area contributed by atoms with Gasteiger partial charge >= 0.3 is 0 Å². The van der Waals surface area contributed by atoms with Crippen molar-refractivity contribution in [3.05, 3.63) is 29.3 Å². The number of hydrogen-bond acceptors (Lipinski definition) is 3. The van der Waals surface area contributed by atoms with E-state index in [-0.39, 0.29) is 11.6 Å². The Kier molecular flexibility index (Phi) is 2.83. The van der Waals surface area contributed by atoms with Gasteiger partial charge in [0.15, 0.2) is 0 Å². The summed E-state index contributed by atoms with van der Waals surface area (Å²) in [6.45, 7) is 4.58. The van der Waals surface area contributed by atoms with Crippen molar-refractivity contribution in [2.75, 3.05) is 13.1 Å². The summed E-state index contributed by atoms with van der Waals surface area (Å²) in [5, 5.41) is 0. The quantitative estimate of drug-likeness (QED) is 0.789. The first-order valence-corrected chi connectivity index (χ1v) is 7.94. The molecular formula is C17H24N2O. The molecule has 2 saturated heterocycles. The number of aryl methyl sites for hydroxylation is 1. The molecule has 0 aliphatic carbocycles. The molecule has 20 heavy (non-hydrogen) atoms. The summed E-state index contributed by atoms with van der Waals surface area (Å²) in [6, 6.07) is 7.30. The van der Waals surface area contributed by atoms with Gasteiger partial charge in [-0.15, -0.1) is 0 Å². The molecule has 0 bridgehead atoms. The van der Waals surface area contributed by atoms with Crippen molar-refractivity contribution >= 4 is 0 Å². The Morgan fingerprint density at radius 3 is 3.10 bits per heavy atom. The van der Waals surface area contributed by atoms with Gasteiger partial charge in [-0.05, 0) is 38.8 Å². The van der Waals surface area contributed by atoms with Crippen LogP contribution in [0.15, 0.2) is 18.2 Å². The molecule has 2 fully saturated rings. The lowest BCUT2D eigenvalue weighted by molar-refractivity contribution is -0.0358. The van der Waals surface area contributed by atoms with Crippen LogP contribution in [0.5, 0.6) is 5.75 Å². The normalized spacial score (nSPS) is 36.5. The van der Waals surface area contributed by atoms with Crippen LogP contribution in [0, 0.1) is 6.92 Å². The molecule has 4 rings (SSSR count). The van der Waals surface area contributed by atoms with Crippen LogP contribution in [-0.4, -0.2) is 29.6 Å². The van der Waals surface area contributed by atoms with Crippen LogP contribution >= 0.6 is 0 Å². The number of piperidine rings is 1. The van der Waals surface area contributed by atoms with Gasteiger partial charge in [-0.1, -0.05) is 17.7 Å². The molecule has 3 aliphatic rings. The summed E-state index contributed by atoms with van der Waals surface area (Å²) >= 11 is 0. The van der Waals surface area contributed by atoms with Crippen molar-refractivity contribution in [2.24, 2.45) is 5.73 Å². The maximum Gasteiger partial charge on any atom is 0.124 e. The zero-order chi connectivity index (χ0) is 13.7. The van der Waals surface area contributed by atoms with Gasteiger partial charge < -0.3 is 15.4 Å². The molecule has 0 amide bonds. The van der Waals surface area contributed by atoms with Crippen molar-refractivity contribution in [2.45, 2.75) is 56.7 Å². The Labute approximate surface area is 121 Å². The molecule has 2 unspecified atom stereocenters. The fourth-order valence-electron chi connectivity index (χ4n) is 4.41. The van der Waals surface area contributed by atoms with Crippen LogP contribution in [0.3, 0.4) is 0 Å². The number of rotatable bonds is 0. The molecule has 1 aromatic rings. The standard InChI is InChI=1S/C17H24N2O/c1-12-4-5-16-14(9-12)15(18)11-17(20-16)6-8-19-7-2-3-13(19)10-17/h4-5,9,13,15H,2-3,6-8,10-11,18H2,1H3/t13?,15-,17?/m1/s1. The number of benzene rings is 1. The summed E-state index contributed by atoms with van der Waals surface area (Å²) in [5.74, 6) is 1.03. The molecule has 108 valence electrons. The Hall–Kier alpha value is -1.06. The fraction of sp³-hybridized carbons (Fsp3) is 0.647. The highest BCUT2D eigenvalue weighted by molar-refractivity contribution is 5.41. The summed E-state index contributed by atoms with van der Waals surface area (Å²) < 4.78 is 6.49. The molecule has 2 N–H and O–H groups in total. The predicted octanol–water partition coefficient (Wildman–Crippen LogP) is 2.77. The van der Waals surface area contributed by atoms with E-state index in [9.17, 15) is 0 Å². The van der Waals surface area contributed by atoms with Crippen molar-refractivity contribution in [1.29, 1.82) is 0 Å². The third-order valence-electron chi connectivity index (χ3n) is 5.44. The Morgan fingerprint density at radius 2 is 2.20 bits per heavy atom. The van der Waals surface area contributed by atoms with E-state index < -0.39 is 0 Å². The van der Waals surface area contributed by atoms with Crippen LogP contribution in [0.2, 0.25) is 0 Å². The van der Waals surface area contributed by atoms with Gasteiger partial charge in [-0.25, -0.2) is 0 Å². The van der Waals surface area contributed by atoms with Crippen molar-refractivity contribution in [3.63, 3.8) is 0 Å². The van der Waals surface area contributed by atoms with Crippen molar-refractivity contribution in [3.8, 4) is 5.75 Å². The van der Waals surface area contributed by atoms with E-state index in [1.54, 1.807) is 0 Å². The van der Waals surface area contributed by atoms with E-state index in [0.29, 0.717) is 0 Å². The van der Waals surface area contributed by atoms with Crippen LogP contribution in [0.1, 0.15) is 49.3 Å². The molecule has 3 atom stereocenters. The number of nitrogens with zero attached hydrogens (tertiary/aromatic N) is 1. The van der Waals surface area contributed by atoms with Gasteiger partial charge in [-0.3, -0.25) is 0 Å². The number of ether oxygens (including phenoxy) is 1. The van der Waals surface area contributed by atoms with Gasteiger partial charge in [0.1, 0.15) is 11.4 Å². The first kappa shape index (κ1) is 12.7. The second-order valence-electron chi connectivity index (χ2n) is 6.92. The zero-order valence-electron chi connectivity index (χ0n) is 12.3. The van der Waals surface area contributed by atoms with Gasteiger partial charge in [-0.2, -0.15) is 0 Å². The van der Waals surface area contributed by atoms with E-state index >= 15 is 0 Å². The van der Waals surface area contributed by atoms with Gasteiger partial charge in [0.05, 0.1) is 0 Å². The molecule has 1 spiro atoms. The van der Waals surface area contributed by atoms with E-state index in [4.69, 9.17) is 10.5 Å². The highest BCUT2D eigenvalue weighted by atomic mass is 16.5. The average molecular weight is 272 g/mol. The minimum atomic E-state index is -0.00676. The smallest absolute Gasteiger partial charge is 0.124 e. The first-order valence-electron chi connectivity index (χ1n) is 7.94. The zero-order valence-corrected chi connectivity index (χ0v) is 12.3. The molecule has 0 radical (unpaired) electrons. The molecule has 1 aromatic carbocycles.